The number of hydrogen-bond acceptors (Lipinski definition) is 4. The van der Waals surface area contributed by atoms with Gasteiger partial charge in [-0.3, -0.25) is 0 Å². The zero-order chi connectivity index (χ0) is 16.9. The Bertz CT molecular complexity index is 342. The van der Waals surface area contributed by atoms with E-state index >= 15 is 0 Å². The molecule has 0 aromatic heterocycles. The topological polar surface area (TPSA) is 77.4 Å². The second-order valence-corrected chi connectivity index (χ2v) is 8.10. The maximum Gasteiger partial charge on any atom is 1.00 e. The van der Waals surface area contributed by atoms with Gasteiger partial charge in [0.15, 0.2) is 4.93 Å². The van der Waals surface area contributed by atoms with E-state index in [9.17, 15) is 18.1 Å². The molecular formula is C17H35KO4S. The molecule has 1 N–H and O–H groups in total. The van der Waals surface area contributed by atoms with Gasteiger partial charge in [-0.05, 0) is 25.7 Å². The van der Waals surface area contributed by atoms with Crippen LogP contribution in [-0.2, 0) is 10.1 Å². The number of rotatable bonds is 15. The molecule has 6 heteroatoms. The average molecular weight is 375 g/mol. The molecule has 0 spiro atoms. The SMILES string of the molecule is CCCCCCCCC(O)(CCCCCCCC)S(=O)(=O)[O-].[K+]. The summed E-state index contributed by atoms with van der Waals surface area (Å²) in [5, 5.41) is 10.3. The van der Waals surface area contributed by atoms with Gasteiger partial charge in [0.05, 0.1) is 0 Å². The Balaban J connectivity index is 0. The summed E-state index contributed by atoms with van der Waals surface area (Å²) >= 11 is 0. The molecule has 0 aromatic rings. The van der Waals surface area contributed by atoms with Crippen molar-refractivity contribution < 1.29 is 69.5 Å². The summed E-state index contributed by atoms with van der Waals surface area (Å²) in [4.78, 5) is -2.05. The van der Waals surface area contributed by atoms with E-state index in [0.29, 0.717) is 12.8 Å². The van der Waals surface area contributed by atoms with Gasteiger partial charge in [-0.2, -0.15) is 0 Å². The van der Waals surface area contributed by atoms with E-state index < -0.39 is 15.1 Å². The summed E-state index contributed by atoms with van der Waals surface area (Å²) in [5.41, 5.74) is 0. The minimum Gasteiger partial charge on any atom is -0.746 e. The second kappa shape index (κ2) is 15.7. The molecule has 0 bridgehead atoms. The largest absolute Gasteiger partial charge is 1.00 e. The summed E-state index contributed by atoms with van der Waals surface area (Å²) in [6.07, 6.45) is 12.2. The van der Waals surface area contributed by atoms with Gasteiger partial charge in [0.25, 0.3) is 0 Å². The zero-order valence-electron chi connectivity index (χ0n) is 15.5. The van der Waals surface area contributed by atoms with E-state index in [1.165, 1.54) is 12.8 Å². The van der Waals surface area contributed by atoms with Gasteiger partial charge >= 0.3 is 51.4 Å². The molecule has 0 amide bonds. The van der Waals surface area contributed by atoms with Crippen LogP contribution in [0.5, 0.6) is 0 Å². The van der Waals surface area contributed by atoms with E-state index in [4.69, 9.17) is 0 Å². The third kappa shape index (κ3) is 13.4. The van der Waals surface area contributed by atoms with Crippen molar-refractivity contribution in [1.82, 2.24) is 0 Å². The molecule has 0 fully saturated rings. The molecule has 0 aromatic carbocycles. The molecule has 134 valence electrons. The number of unbranched alkanes of at least 4 members (excludes halogenated alkanes) is 10. The first kappa shape index (κ1) is 26.7. The summed E-state index contributed by atoms with van der Waals surface area (Å²) in [6.45, 7) is 4.28. The smallest absolute Gasteiger partial charge is 0.746 e. The molecule has 0 radical (unpaired) electrons. The third-order valence-corrected chi connectivity index (χ3v) is 5.65. The van der Waals surface area contributed by atoms with E-state index in [-0.39, 0.29) is 64.2 Å². The summed E-state index contributed by atoms with van der Waals surface area (Å²) < 4.78 is 34.1. The average Bonchev–Trinajstić information content (AvgIpc) is 2.45. The molecule has 4 nitrogen and oxygen atoms in total. The fraction of sp³-hybridized carbons (Fsp3) is 1.00. The van der Waals surface area contributed by atoms with Gasteiger partial charge in [-0.15, -0.1) is 0 Å². The summed E-state index contributed by atoms with van der Waals surface area (Å²) in [5.74, 6) is 0. The van der Waals surface area contributed by atoms with Crippen molar-refractivity contribution in [1.29, 1.82) is 0 Å². The molecule has 0 aliphatic heterocycles. The first-order valence-corrected chi connectivity index (χ1v) is 10.5. The predicted octanol–water partition coefficient (Wildman–Crippen LogP) is 1.73. The maximum atomic E-state index is 11.4. The van der Waals surface area contributed by atoms with Crippen LogP contribution in [0.1, 0.15) is 104 Å². The van der Waals surface area contributed by atoms with Crippen LogP contribution in [0.3, 0.4) is 0 Å². The standard InChI is InChI=1S/C17H36O4S.K/c1-3-5-7-9-11-13-15-17(18,22(19,20)21)16-14-12-10-8-6-4-2;/h18H,3-16H2,1-2H3,(H,19,20,21);/q;+1/p-1. The Kier molecular flexibility index (Phi) is 18.3. The third-order valence-electron chi connectivity index (χ3n) is 4.31. The molecule has 0 saturated heterocycles. The van der Waals surface area contributed by atoms with Crippen LogP contribution >= 0.6 is 0 Å². The van der Waals surface area contributed by atoms with E-state index in [2.05, 4.69) is 13.8 Å². The second-order valence-electron chi connectivity index (χ2n) is 6.44. The molecule has 0 heterocycles. The van der Waals surface area contributed by atoms with Gasteiger partial charge < -0.3 is 9.66 Å². The van der Waals surface area contributed by atoms with E-state index in [1.54, 1.807) is 0 Å². The van der Waals surface area contributed by atoms with Crippen LogP contribution in [0.15, 0.2) is 0 Å². The Morgan fingerprint density at radius 1 is 0.739 bits per heavy atom. The van der Waals surface area contributed by atoms with Gasteiger partial charge in [-0.25, -0.2) is 8.42 Å². The van der Waals surface area contributed by atoms with Crippen molar-refractivity contribution in [2.24, 2.45) is 0 Å². The van der Waals surface area contributed by atoms with Gasteiger partial charge in [0.2, 0.25) is 0 Å². The first-order valence-electron chi connectivity index (χ1n) is 9.05. The van der Waals surface area contributed by atoms with Crippen molar-refractivity contribution in [2.45, 2.75) is 109 Å². The minimum atomic E-state index is -4.65. The summed E-state index contributed by atoms with van der Waals surface area (Å²) in [6, 6.07) is 0. The molecule has 0 unspecified atom stereocenters. The van der Waals surface area contributed by atoms with E-state index in [1.807, 2.05) is 0 Å². The van der Waals surface area contributed by atoms with Crippen molar-refractivity contribution in [3.05, 3.63) is 0 Å². The van der Waals surface area contributed by atoms with Crippen LogP contribution < -0.4 is 51.4 Å². The number of hydrogen-bond donors (Lipinski definition) is 1. The van der Waals surface area contributed by atoms with Crippen molar-refractivity contribution in [3.8, 4) is 0 Å². The van der Waals surface area contributed by atoms with Crippen molar-refractivity contribution >= 4 is 10.1 Å². The van der Waals surface area contributed by atoms with Gasteiger partial charge in [0, 0.05) is 0 Å². The fourth-order valence-electron chi connectivity index (χ4n) is 2.74. The first-order chi connectivity index (χ1) is 10.4. The molecular weight excluding hydrogens is 339 g/mol. The Morgan fingerprint density at radius 2 is 1.04 bits per heavy atom. The van der Waals surface area contributed by atoms with E-state index in [0.717, 1.165) is 51.4 Å². The zero-order valence-corrected chi connectivity index (χ0v) is 19.4. The van der Waals surface area contributed by atoms with Gasteiger partial charge in [0.1, 0.15) is 10.1 Å². The molecule has 0 saturated carbocycles. The molecule has 23 heavy (non-hydrogen) atoms. The van der Waals surface area contributed by atoms with Crippen molar-refractivity contribution in [3.63, 3.8) is 0 Å². The van der Waals surface area contributed by atoms with Crippen LogP contribution in [0, 0.1) is 0 Å². The Morgan fingerprint density at radius 3 is 1.35 bits per heavy atom. The molecule has 0 rings (SSSR count). The van der Waals surface area contributed by atoms with Crippen LogP contribution in [0.25, 0.3) is 0 Å². The fourth-order valence-corrected chi connectivity index (χ4v) is 3.53. The van der Waals surface area contributed by atoms with Crippen LogP contribution in [-0.4, -0.2) is 23.0 Å². The normalized spacial score (nSPS) is 12.2. The molecule has 0 aliphatic rings. The predicted molar refractivity (Wildman–Crippen MR) is 90.6 cm³/mol. The Hall–Kier alpha value is 1.51. The van der Waals surface area contributed by atoms with Crippen molar-refractivity contribution in [2.75, 3.05) is 0 Å². The number of aliphatic hydroxyl groups is 1. The van der Waals surface area contributed by atoms with Crippen LogP contribution in [0.4, 0.5) is 0 Å². The monoisotopic (exact) mass is 374 g/mol. The Labute approximate surface area is 186 Å². The van der Waals surface area contributed by atoms with Gasteiger partial charge in [-0.1, -0.05) is 78.1 Å². The quantitative estimate of drug-likeness (QED) is 0.269. The van der Waals surface area contributed by atoms with Crippen LogP contribution in [0.2, 0.25) is 0 Å². The molecule has 0 atom stereocenters. The summed E-state index contributed by atoms with van der Waals surface area (Å²) in [7, 11) is -4.65. The maximum absolute atomic E-state index is 11.4. The minimum absolute atomic E-state index is 0. The molecule has 0 aliphatic carbocycles.